The molecule has 2 atom stereocenters. The molecule has 104 valence electrons. The van der Waals surface area contributed by atoms with E-state index in [0.29, 0.717) is 19.8 Å². The Morgan fingerprint density at radius 2 is 2.05 bits per heavy atom. The van der Waals surface area contributed by atoms with Crippen molar-refractivity contribution >= 4 is 0 Å². The SMILES string of the molecule is C=C1CC(COCc2ccccc2)OC(OCC)C1. The van der Waals surface area contributed by atoms with Crippen molar-refractivity contribution in [1.29, 1.82) is 0 Å². The third-order valence-corrected chi connectivity index (χ3v) is 3.08. The van der Waals surface area contributed by atoms with Crippen molar-refractivity contribution in [3.63, 3.8) is 0 Å². The molecule has 2 rings (SSSR count). The van der Waals surface area contributed by atoms with E-state index in [2.05, 4.69) is 18.7 Å². The molecule has 0 radical (unpaired) electrons. The van der Waals surface area contributed by atoms with Crippen LogP contribution in [0, 0.1) is 0 Å². The lowest BCUT2D eigenvalue weighted by Crippen LogP contribution is -2.33. The fraction of sp³-hybridized carbons (Fsp3) is 0.500. The van der Waals surface area contributed by atoms with Crippen molar-refractivity contribution in [2.24, 2.45) is 0 Å². The van der Waals surface area contributed by atoms with Gasteiger partial charge < -0.3 is 14.2 Å². The van der Waals surface area contributed by atoms with Gasteiger partial charge in [0.05, 0.1) is 19.3 Å². The van der Waals surface area contributed by atoms with E-state index in [1.165, 1.54) is 11.1 Å². The van der Waals surface area contributed by atoms with Crippen molar-refractivity contribution in [3.05, 3.63) is 48.0 Å². The molecule has 2 unspecified atom stereocenters. The van der Waals surface area contributed by atoms with E-state index in [0.717, 1.165) is 12.8 Å². The normalized spacial score (nSPS) is 23.5. The van der Waals surface area contributed by atoms with Crippen LogP contribution in [0.15, 0.2) is 42.5 Å². The van der Waals surface area contributed by atoms with Crippen molar-refractivity contribution in [1.82, 2.24) is 0 Å². The van der Waals surface area contributed by atoms with Crippen molar-refractivity contribution in [3.8, 4) is 0 Å². The van der Waals surface area contributed by atoms with E-state index in [1.807, 2.05) is 25.1 Å². The molecule has 1 aliphatic heterocycles. The monoisotopic (exact) mass is 262 g/mol. The molecule has 1 fully saturated rings. The Kier molecular flexibility index (Phi) is 5.58. The first-order valence-electron chi connectivity index (χ1n) is 6.83. The van der Waals surface area contributed by atoms with Crippen LogP contribution in [0.3, 0.4) is 0 Å². The maximum Gasteiger partial charge on any atom is 0.161 e. The van der Waals surface area contributed by atoms with E-state index in [1.54, 1.807) is 0 Å². The number of rotatable bonds is 6. The Hall–Kier alpha value is -1.16. The van der Waals surface area contributed by atoms with E-state index in [9.17, 15) is 0 Å². The van der Waals surface area contributed by atoms with Crippen LogP contribution in [0.2, 0.25) is 0 Å². The summed E-state index contributed by atoms with van der Waals surface area (Å²) in [4.78, 5) is 0. The third kappa shape index (κ3) is 4.78. The molecule has 0 bridgehead atoms. The topological polar surface area (TPSA) is 27.7 Å². The molecule has 1 heterocycles. The van der Waals surface area contributed by atoms with E-state index < -0.39 is 0 Å². The van der Waals surface area contributed by atoms with Crippen LogP contribution < -0.4 is 0 Å². The third-order valence-electron chi connectivity index (χ3n) is 3.08. The van der Waals surface area contributed by atoms with Crippen LogP contribution in [0.1, 0.15) is 25.3 Å². The molecule has 0 spiro atoms. The second-order valence-electron chi connectivity index (χ2n) is 4.80. The zero-order valence-electron chi connectivity index (χ0n) is 11.5. The van der Waals surface area contributed by atoms with Gasteiger partial charge in [0.25, 0.3) is 0 Å². The molecule has 0 aromatic heterocycles. The molecular formula is C16H22O3. The highest BCUT2D eigenvalue weighted by molar-refractivity contribution is 5.13. The van der Waals surface area contributed by atoms with Gasteiger partial charge in [0.2, 0.25) is 0 Å². The summed E-state index contributed by atoms with van der Waals surface area (Å²) in [6.07, 6.45) is 1.56. The average Bonchev–Trinajstić information content (AvgIpc) is 2.40. The molecule has 1 aliphatic rings. The van der Waals surface area contributed by atoms with Crippen molar-refractivity contribution in [2.45, 2.75) is 38.8 Å². The molecule has 0 aliphatic carbocycles. The summed E-state index contributed by atoms with van der Waals surface area (Å²) in [5.74, 6) is 0. The number of hydrogen-bond acceptors (Lipinski definition) is 3. The van der Waals surface area contributed by atoms with Gasteiger partial charge in [-0.2, -0.15) is 0 Å². The summed E-state index contributed by atoms with van der Waals surface area (Å²) in [7, 11) is 0. The zero-order chi connectivity index (χ0) is 13.5. The van der Waals surface area contributed by atoms with E-state index in [4.69, 9.17) is 14.2 Å². The molecule has 19 heavy (non-hydrogen) atoms. The number of benzene rings is 1. The van der Waals surface area contributed by atoms with Crippen molar-refractivity contribution < 1.29 is 14.2 Å². The first kappa shape index (κ1) is 14.3. The second-order valence-corrected chi connectivity index (χ2v) is 4.80. The molecule has 0 N–H and O–H groups in total. The molecule has 0 amide bonds. The van der Waals surface area contributed by atoms with Crippen LogP contribution in [0.4, 0.5) is 0 Å². The summed E-state index contributed by atoms with van der Waals surface area (Å²) >= 11 is 0. The zero-order valence-corrected chi connectivity index (χ0v) is 11.5. The lowest BCUT2D eigenvalue weighted by atomic mass is 10.0. The fourth-order valence-electron chi connectivity index (χ4n) is 2.22. The van der Waals surface area contributed by atoms with Crippen molar-refractivity contribution in [2.75, 3.05) is 13.2 Å². The highest BCUT2D eigenvalue weighted by Crippen LogP contribution is 2.24. The Morgan fingerprint density at radius 3 is 2.79 bits per heavy atom. The van der Waals surface area contributed by atoms with Crippen LogP contribution in [-0.2, 0) is 20.8 Å². The molecule has 1 saturated heterocycles. The Balaban J connectivity index is 1.74. The van der Waals surface area contributed by atoms with Gasteiger partial charge in [-0.15, -0.1) is 0 Å². The maximum absolute atomic E-state index is 5.83. The lowest BCUT2D eigenvalue weighted by molar-refractivity contribution is -0.191. The molecule has 3 nitrogen and oxygen atoms in total. The molecule has 0 saturated carbocycles. The van der Waals surface area contributed by atoms with E-state index in [-0.39, 0.29) is 12.4 Å². The van der Waals surface area contributed by atoms with Gasteiger partial charge in [-0.25, -0.2) is 0 Å². The van der Waals surface area contributed by atoms with Crippen LogP contribution in [0.5, 0.6) is 0 Å². The summed E-state index contributed by atoms with van der Waals surface area (Å²) in [5.41, 5.74) is 2.36. The van der Waals surface area contributed by atoms with Crippen LogP contribution >= 0.6 is 0 Å². The first-order valence-corrected chi connectivity index (χ1v) is 6.83. The smallest absolute Gasteiger partial charge is 0.161 e. The standard InChI is InChI=1S/C16H22O3/c1-3-18-16-10-13(2)9-15(19-16)12-17-11-14-7-5-4-6-8-14/h4-8,15-16H,2-3,9-12H2,1H3. The quantitative estimate of drug-likeness (QED) is 0.736. The molecule has 3 heteroatoms. The predicted octanol–water partition coefficient (Wildman–Crippen LogP) is 3.30. The van der Waals surface area contributed by atoms with E-state index >= 15 is 0 Å². The highest BCUT2D eigenvalue weighted by atomic mass is 16.7. The Morgan fingerprint density at radius 1 is 1.26 bits per heavy atom. The summed E-state index contributed by atoms with van der Waals surface area (Å²) in [6, 6.07) is 10.2. The van der Waals surface area contributed by atoms with Gasteiger partial charge in [-0.05, 0) is 18.9 Å². The minimum Gasteiger partial charge on any atom is -0.374 e. The van der Waals surface area contributed by atoms with Gasteiger partial charge in [0, 0.05) is 13.0 Å². The highest BCUT2D eigenvalue weighted by Gasteiger charge is 2.24. The number of hydrogen-bond donors (Lipinski definition) is 0. The fourth-order valence-corrected chi connectivity index (χ4v) is 2.22. The number of ether oxygens (including phenoxy) is 3. The van der Waals surface area contributed by atoms with Gasteiger partial charge in [0.15, 0.2) is 6.29 Å². The first-order chi connectivity index (χ1) is 9.28. The second kappa shape index (κ2) is 7.43. The summed E-state index contributed by atoms with van der Waals surface area (Å²) in [5, 5.41) is 0. The lowest BCUT2D eigenvalue weighted by Gasteiger charge is -2.31. The van der Waals surface area contributed by atoms with Crippen LogP contribution in [0.25, 0.3) is 0 Å². The van der Waals surface area contributed by atoms with Gasteiger partial charge in [0.1, 0.15) is 0 Å². The molecule has 1 aromatic rings. The van der Waals surface area contributed by atoms with Gasteiger partial charge >= 0.3 is 0 Å². The molecular weight excluding hydrogens is 240 g/mol. The minimum absolute atomic E-state index is 0.0570. The Labute approximate surface area is 115 Å². The van der Waals surface area contributed by atoms with Gasteiger partial charge in [-0.1, -0.05) is 42.5 Å². The molecule has 1 aromatic carbocycles. The van der Waals surface area contributed by atoms with Gasteiger partial charge in [-0.3, -0.25) is 0 Å². The predicted molar refractivity (Wildman–Crippen MR) is 74.8 cm³/mol. The summed E-state index contributed by atoms with van der Waals surface area (Å²) in [6.45, 7) is 7.88. The summed E-state index contributed by atoms with van der Waals surface area (Å²) < 4.78 is 17.0. The Bertz CT molecular complexity index is 388. The maximum atomic E-state index is 5.83. The van der Waals surface area contributed by atoms with Crippen LogP contribution in [-0.4, -0.2) is 25.6 Å². The largest absolute Gasteiger partial charge is 0.374 e. The minimum atomic E-state index is -0.156. The average molecular weight is 262 g/mol.